The Hall–Kier alpha value is -1.98. The lowest BCUT2D eigenvalue weighted by atomic mass is 10.2. The molecule has 0 radical (unpaired) electrons. The van der Waals surface area contributed by atoms with Crippen molar-refractivity contribution in [1.82, 2.24) is 5.32 Å². The summed E-state index contributed by atoms with van der Waals surface area (Å²) in [6, 6.07) is 1.93. The Balaban J connectivity index is 2.89. The lowest BCUT2D eigenvalue weighted by Crippen LogP contribution is -2.38. The first-order valence-corrected chi connectivity index (χ1v) is 4.41. The zero-order valence-electron chi connectivity index (χ0n) is 8.33. The van der Waals surface area contributed by atoms with Gasteiger partial charge in [0.2, 0.25) is 0 Å². The van der Waals surface area contributed by atoms with E-state index in [-0.39, 0.29) is 0 Å². The van der Waals surface area contributed by atoms with Gasteiger partial charge in [-0.1, -0.05) is 6.07 Å². The lowest BCUT2D eigenvalue weighted by molar-refractivity contribution is -0.138. The second-order valence-electron chi connectivity index (χ2n) is 3.13. The number of amides is 1. The molecule has 0 heterocycles. The van der Waals surface area contributed by atoms with E-state index < -0.39 is 35.1 Å². The maximum atomic E-state index is 13.1. The van der Waals surface area contributed by atoms with Gasteiger partial charge < -0.3 is 10.4 Å². The molecule has 0 aliphatic carbocycles. The lowest BCUT2D eigenvalue weighted by Gasteiger charge is -2.09. The molecule has 0 aliphatic rings. The number of nitrogens with one attached hydrogen (secondary N) is 1. The minimum atomic E-state index is -1.29. The fraction of sp³-hybridized carbons (Fsp3) is 0.200. The van der Waals surface area contributed by atoms with Crippen LogP contribution in [-0.2, 0) is 4.79 Å². The standard InChI is InChI=1S/C10H9F2NO3/c1-5(10(15)16)13-9(14)6-3-2-4-7(11)8(6)12/h2-5H,1H3,(H,13,14)(H,15,16)/t5-/m0/s1. The number of aliphatic carboxylic acids is 1. The van der Waals surface area contributed by atoms with Gasteiger partial charge in [0.1, 0.15) is 6.04 Å². The van der Waals surface area contributed by atoms with Crippen molar-refractivity contribution in [2.75, 3.05) is 0 Å². The Morgan fingerprint density at radius 3 is 2.56 bits per heavy atom. The van der Waals surface area contributed by atoms with E-state index >= 15 is 0 Å². The molecule has 4 nitrogen and oxygen atoms in total. The number of carbonyl (C=O) groups excluding carboxylic acids is 1. The summed E-state index contributed by atoms with van der Waals surface area (Å²) in [5, 5.41) is 10.5. The Morgan fingerprint density at radius 1 is 1.38 bits per heavy atom. The molecule has 0 unspecified atom stereocenters. The topological polar surface area (TPSA) is 66.4 Å². The molecule has 1 aromatic rings. The van der Waals surface area contributed by atoms with Gasteiger partial charge in [0.15, 0.2) is 11.6 Å². The Labute approximate surface area is 89.9 Å². The second kappa shape index (κ2) is 4.69. The van der Waals surface area contributed by atoms with E-state index in [4.69, 9.17) is 5.11 Å². The first-order chi connectivity index (χ1) is 7.43. The quantitative estimate of drug-likeness (QED) is 0.817. The molecule has 0 saturated heterocycles. The number of benzene rings is 1. The molecule has 1 atom stereocenters. The van der Waals surface area contributed by atoms with Gasteiger partial charge in [-0.25, -0.2) is 8.78 Å². The minimum Gasteiger partial charge on any atom is -0.480 e. The van der Waals surface area contributed by atoms with Crippen LogP contribution < -0.4 is 5.32 Å². The molecule has 1 rings (SSSR count). The summed E-state index contributed by atoms with van der Waals surface area (Å²) in [7, 11) is 0. The number of hydrogen-bond donors (Lipinski definition) is 2. The number of carbonyl (C=O) groups is 2. The molecule has 1 amide bonds. The molecule has 0 bridgehead atoms. The van der Waals surface area contributed by atoms with E-state index in [2.05, 4.69) is 0 Å². The molecule has 86 valence electrons. The number of halogens is 2. The van der Waals surface area contributed by atoms with E-state index in [1.165, 1.54) is 13.0 Å². The highest BCUT2D eigenvalue weighted by atomic mass is 19.2. The smallest absolute Gasteiger partial charge is 0.325 e. The molecule has 16 heavy (non-hydrogen) atoms. The average Bonchev–Trinajstić information content (AvgIpc) is 2.21. The molecule has 6 heteroatoms. The van der Waals surface area contributed by atoms with E-state index in [1.807, 2.05) is 5.32 Å². The molecule has 1 aromatic carbocycles. The Bertz CT molecular complexity index is 434. The van der Waals surface area contributed by atoms with Gasteiger partial charge in [-0.15, -0.1) is 0 Å². The SMILES string of the molecule is C[C@H](NC(=O)c1cccc(F)c1F)C(=O)O. The molecule has 0 aliphatic heterocycles. The van der Waals surface area contributed by atoms with Crippen LogP contribution in [0, 0.1) is 11.6 Å². The zero-order chi connectivity index (χ0) is 12.3. The van der Waals surface area contributed by atoms with Crippen molar-refractivity contribution >= 4 is 11.9 Å². The fourth-order valence-electron chi connectivity index (χ4n) is 1.02. The van der Waals surface area contributed by atoms with Gasteiger partial charge in [0.25, 0.3) is 5.91 Å². The summed E-state index contributed by atoms with van der Waals surface area (Å²) in [5.74, 6) is -4.68. The normalized spacial score (nSPS) is 11.9. The van der Waals surface area contributed by atoms with Crippen molar-refractivity contribution in [2.45, 2.75) is 13.0 Å². The van der Waals surface area contributed by atoms with E-state index in [0.717, 1.165) is 12.1 Å². The van der Waals surface area contributed by atoms with Gasteiger partial charge in [0, 0.05) is 0 Å². The van der Waals surface area contributed by atoms with Crippen molar-refractivity contribution < 1.29 is 23.5 Å². The van der Waals surface area contributed by atoms with Crippen LogP contribution in [0.25, 0.3) is 0 Å². The molecule has 0 spiro atoms. The molecule has 2 N–H and O–H groups in total. The maximum Gasteiger partial charge on any atom is 0.325 e. The Morgan fingerprint density at radius 2 is 2.00 bits per heavy atom. The highest BCUT2D eigenvalue weighted by Gasteiger charge is 2.19. The van der Waals surface area contributed by atoms with Crippen LogP contribution in [0.2, 0.25) is 0 Å². The van der Waals surface area contributed by atoms with Crippen molar-refractivity contribution in [3.05, 3.63) is 35.4 Å². The van der Waals surface area contributed by atoms with Crippen molar-refractivity contribution in [3.63, 3.8) is 0 Å². The molecule has 0 saturated carbocycles. The first-order valence-electron chi connectivity index (χ1n) is 4.41. The summed E-state index contributed by atoms with van der Waals surface area (Å²) in [5.41, 5.74) is -0.520. The van der Waals surface area contributed by atoms with Crippen LogP contribution in [-0.4, -0.2) is 23.0 Å². The van der Waals surface area contributed by atoms with Gasteiger partial charge in [-0.3, -0.25) is 9.59 Å². The van der Waals surface area contributed by atoms with E-state index in [9.17, 15) is 18.4 Å². The number of carboxylic acid groups (broad SMARTS) is 1. The van der Waals surface area contributed by atoms with E-state index in [0.29, 0.717) is 0 Å². The highest BCUT2D eigenvalue weighted by molar-refractivity contribution is 5.96. The number of hydrogen-bond acceptors (Lipinski definition) is 2. The third-order valence-corrected chi connectivity index (χ3v) is 1.91. The maximum absolute atomic E-state index is 13.1. The van der Waals surface area contributed by atoms with Gasteiger partial charge in [0.05, 0.1) is 5.56 Å². The molecular formula is C10H9F2NO3. The third-order valence-electron chi connectivity index (χ3n) is 1.91. The van der Waals surface area contributed by atoms with Gasteiger partial charge in [-0.05, 0) is 19.1 Å². The zero-order valence-corrected chi connectivity index (χ0v) is 8.33. The fourth-order valence-corrected chi connectivity index (χ4v) is 1.02. The summed E-state index contributed by atoms with van der Waals surface area (Å²) in [4.78, 5) is 21.8. The number of rotatable bonds is 3. The molecular weight excluding hydrogens is 220 g/mol. The van der Waals surface area contributed by atoms with Crippen LogP contribution in [0.5, 0.6) is 0 Å². The Kier molecular flexibility index (Phi) is 3.55. The van der Waals surface area contributed by atoms with E-state index in [1.54, 1.807) is 0 Å². The third kappa shape index (κ3) is 2.53. The van der Waals surface area contributed by atoms with Crippen LogP contribution in [0.3, 0.4) is 0 Å². The van der Waals surface area contributed by atoms with Crippen molar-refractivity contribution in [3.8, 4) is 0 Å². The monoisotopic (exact) mass is 229 g/mol. The van der Waals surface area contributed by atoms with Crippen molar-refractivity contribution in [1.29, 1.82) is 0 Å². The predicted octanol–water partition coefficient (Wildman–Crippen LogP) is 1.17. The first kappa shape index (κ1) is 12.1. The van der Waals surface area contributed by atoms with Crippen LogP contribution in [0.4, 0.5) is 8.78 Å². The summed E-state index contributed by atoms with van der Waals surface area (Å²) < 4.78 is 25.9. The van der Waals surface area contributed by atoms with Crippen LogP contribution >= 0.6 is 0 Å². The average molecular weight is 229 g/mol. The van der Waals surface area contributed by atoms with Gasteiger partial charge in [-0.2, -0.15) is 0 Å². The minimum absolute atomic E-state index is 0.520. The van der Waals surface area contributed by atoms with Crippen LogP contribution in [0.1, 0.15) is 17.3 Å². The van der Waals surface area contributed by atoms with Crippen molar-refractivity contribution in [2.24, 2.45) is 0 Å². The summed E-state index contributed by atoms with van der Waals surface area (Å²) in [6.07, 6.45) is 0. The van der Waals surface area contributed by atoms with Gasteiger partial charge >= 0.3 is 5.97 Å². The second-order valence-corrected chi connectivity index (χ2v) is 3.13. The summed E-state index contributed by atoms with van der Waals surface area (Å²) in [6.45, 7) is 1.22. The molecule has 0 aromatic heterocycles. The number of carboxylic acids is 1. The predicted molar refractivity (Wildman–Crippen MR) is 50.9 cm³/mol. The highest BCUT2D eigenvalue weighted by Crippen LogP contribution is 2.11. The van der Waals surface area contributed by atoms with Crippen LogP contribution in [0.15, 0.2) is 18.2 Å². The summed E-state index contributed by atoms with van der Waals surface area (Å²) >= 11 is 0. The largest absolute Gasteiger partial charge is 0.480 e. The molecule has 0 fully saturated rings.